The summed E-state index contributed by atoms with van der Waals surface area (Å²) in [6, 6.07) is 8.38. The summed E-state index contributed by atoms with van der Waals surface area (Å²) in [6.45, 7) is 10.3. The first-order valence-electron chi connectivity index (χ1n) is 7.81. The number of hydrogen-bond donors (Lipinski definition) is 0. The number of nitrogens with zero attached hydrogens (tertiary/aromatic N) is 2. The zero-order chi connectivity index (χ0) is 15.2. The van der Waals surface area contributed by atoms with Crippen LogP contribution in [0.3, 0.4) is 0 Å². The van der Waals surface area contributed by atoms with Gasteiger partial charge in [-0.05, 0) is 24.0 Å². The maximum Gasteiger partial charge on any atom is 0.120 e. The van der Waals surface area contributed by atoms with E-state index in [2.05, 4.69) is 57.8 Å². The van der Waals surface area contributed by atoms with Gasteiger partial charge < -0.3 is 9.64 Å². The molecule has 1 saturated heterocycles. The molecule has 4 heteroatoms. The molecule has 2 rings (SSSR count). The molecule has 0 radical (unpaired) electrons. The van der Waals surface area contributed by atoms with Crippen molar-refractivity contribution in [3.63, 3.8) is 0 Å². The largest absolute Gasteiger partial charge is 0.497 e. The molecule has 1 fully saturated rings. The van der Waals surface area contributed by atoms with Gasteiger partial charge in [-0.3, -0.25) is 4.90 Å². The quantitative estimate of drug-likeness (QED) is 0.727. The van der Waals surface area contributed by atoms with Gasteiger partial charge >= 0.3 is 0 Å². The molecule has 0 aliphatic carbocycles. The Kier molecular flexibility index (Phi) is 6.37. The van der Waals surface area contributed by atoms with E-state index in [1.165, 1.54) is 12.2 Å². The lowest BCUT2D eigenvalue weighted by molar-refractivity contribution is 0.204. The highest BCUT2D eigenvalue weighted by molar-refractivity contribution is 9.09. The Morgan fingerprint density at radius 3 is 2.48 bits per heavy atom. The highest BCUT2D eigenvalue weighted by Gasteiger charge is 2.21. The van der Waals surface area contributed by atoms with Crippen molar-refractivity contribution < 1.29 is 4.74 Å². The maximum absolute atomic E-state index is 5.32. The van der Waals surface area contributed by atoms with Gasteiger partial charge in [0.2, 0.25) is 0 Å². The van der Waals surface area contributed by atoms with E-state index in [-0.39, 0.29) is 0 Å². The number of ether oxygens (including phenoxy) is 1. The Morgan fingerprint density at radius 1 is 1.19 bits per heavy atom. The Morgan fingerprint density at radius 2 is 1.90 bits per heavy atom. The van der Waals surface area contributed by atoms with E-state index >= 15 is 0 Å². The maximum atomic E-state index is 5.32. The van der Waals surface area contributed by atoms with Gasteiger partial charge in [-0.15, -0.1) is 0 Å². The number of piperazine rings is 1. The van der Waals surface area contributed by atoms with Crippen molar-refractivity contribution in [2.24, 2.45) is 11.8 Å². The van der Waals surface area contributed by atoms with Gasteiger partial charge in [0.25, 0.3) is 0 Å². The first kappa shape index (κ1) is 16.6. The first-order valence-corrected chi connectivity index (χ1v) is 8.93. The van der Waals surface area contributed by atoms with Gasteiger partial charge in [-0.25, -0.2) is 0 Å². The highest BCUT2D eigenvalue weighted by Crippen LogP contribution is 2.23. The van der Waals surface area contributed by atoms with Crippen LogP contribution in [0.4, 0.5) is 5.69 Å². The summed E-state index contributed by atoms with van der Waals surface area (Å²) < 4.78 is 5.32. The minimum atomic E-state index is 0.737. The van der Waals surface area contributed by atoms with Gasteiger partial charge in [-0.2, -0.15) is 0 Å². The number of alkyl halides is 1. The number of rotatable bonds is 6. The molecule has 1 aliphatic heterocycles. The topological polar surface area (TPSA) is 15.7 Å². The number of benzene rings is 1. The summed E-state index contributed by atoms with van der Waals surface area (Å²) in [7, 11) is 1.73. The average molecular weight is 355 g/mol. The van der Waals surface area contributed by atoms with Crippen molar-refractivity contribution in [2.45, 2.75) is 13.8 Å². The predicted octanol–water partition coefficient (Wildman–Crippen LogP) is 3.48. The molecule has 0 N–H and O–H groups in total. The van der Waals surface area contributed by atoms with Crippen LogP contribution in [0, 0.1) is 11.8 Å². The van der Waals surface area contributed by atoms with Crippen LogP contribution in [0.25, 0.3) is 0 Å². The van der Waals surface area contributed by atoms with Crippen molar-refractivity contribution in [1.82, 2.24) is 4.90 Å². The van der Waals surface area contributed by atoms with Crippen LogP contribution in [-0.2, 0) is 0 Å². The second kappa shape index (κ2) is 8.04. The molecule has 0 spiro atoms. The monoisotopic (exact) mass is 354 g/mol. The minimum Gasteiger partial charge on any atom is -0.497 e. The van der Waals surface area contributed by atoms with E-state index < -0.39 is 0 Å². The molecular formula is C17H27BrN2O. The summed E-state index contributed by atoms with van der Waals surface area (Å²) in [5, 5.41) is 1.10. The zero-order valence-electron chi connectivity index (χ0n) is 13.4. The Balaban J connectivity index is 1.88. The van der Waals surface area contributed by atoms with Crippen LogP contribution in [0.2, 0.25) is 0 Å². The van der Waals surface area contributed by atoms with Crippen molar-refractivity contribution in [3.8, 4) is 5.75 Å². The molecule has 0 saturated carbocycles. The molecule has 1 unspecified atom stereocenters. The molecule has 0 aromatic heterocycles. The lowest BCUT2D eigenvalue weighted by Crippen LogP contribution is -2.48. The zero-order valence-corrected chi connectivity index (χ0v) is 15.0. The van der Waals surface area contributed by atoms with Crippen LogP contribution in [0.5, 0.6) is 5.75 Å². The lowest BCUT2D eigenvalue weighted by atomic mass is 9.97. The fourth-order valence-electron chi connectivity index (χ4n) is 2.77. The van der Waals surface area contributed by atoms with Gasteiger partial charge in [0.1, 0.15) is 5.75 Å². The van der Waals surface area contributed by atoms with Crippen molar-refractivity contribution in [1.29, 1.82) is 0 Å². The SMILES string of the molecule is COc1cccc(N2CCN(CC(CBr)C(C)C)CC2)c1. The second-order valence-electron chi connectivity index (χ2n) is 6.15. The lowest BCUT2D eigenvalue weighted by Gasteiger charge is -2.38. The molecule has 1 aromatic carbocycles. The number of anilines is 1. The second-order valence-corrected chi connectivity index (χ2v) is 6.80. The van der Waals surface area contributed by atoms with E-state index in [9.17, 15) is 0 Å². The third-order valence-electron chi connectivity index (χ3n) is 4.42. The third-order valence-corrected chi connectivity index (χ3v) is 5.26. The average Bonchev–Trinajstić information content (AvgIpc) is 2.53. The normalized spacial score (nSPS) is 18.0. The molecule has 1 heterocycles. The highest BCUT2D eigenvalue weighted by atomic mass is 79.9. The fourth-order valence-corrected chi connectivity index (χ4v) is 3.72. The standard InChI is InChI=1S/C17H27BrN2O/c1-14(2)15(12-18)13-19-7-9-20(10-8-19)16-5-4-6-17(11-16)21-3/h4-6,11,14-15H,7-10,12-13H2,1-3H3. The molecule has 3 nitrogen and oxygen atoms in total. The number of methoxy groups -OCH3 is 1. The predicted molar refractivity (Wildman–Crippen MR) is 93.8 cm³/mol. The van der Waals surface area contributed by atoms with Crippen LogP contribution >= 0.6 is 15.9 Å². The summed E-state index contributed by atoms with van der Waals surface area (Å²) in [4.78, 5) is 5.06. The van der Waals surface area contributed by atoms with E-state index in [1.807, 2.05) is 6.07 Å². The summed E-state index contributed by atoms with van der Waals surface area (Å²) >= 11 is 3.66. The van der Waals surface area contributed by atoms with E-state index in [1.54, 1.807) is 7.11 Å². The fraction of sp³-hybridized carbons (Fsp3) is 0.647. The summed E-state index contributed by atoms with van der Waals surface area (Å²) in [6.07, 6.45) is 0. The van der Waals surface area contributed by atoms with Crippen molar-refractivity contribution >= 4 is 21.6 Å². The van der Waals surface area contributed by atoms with Crippen LogP contribution < -0.4 is 9.64 Å². The van der Waals surface area contributed by atoms with Crippen molar-refractivity contribution in [2.75, 3.05) is 50.1 Å². The summed E-state index contributed by atoms with van der Waals surface area (Å²) in [5.41, 5.74) is 1.27. The first-order chi connectivity index (χ1) is 10.1. The van der Waals surface area contributed by atoms with Gasteiger partial charge in [0.05, 0.1) is 7.11 Å². The molecule has 1 aliphatic rings. The minimum absolute atomic E-state index is 0.737. The van der Waals surface area contributed by atoms with Crippen molar-refractivity contribution in [3.05, 3.63) is 24.3 Å². The van der Waals surface area contributed by atoms with Crippen LogP contribution in [0.15, 0.2) is 24.3 Å². The molecule has 118 valence electrons. The van der Waals surface area contributed by atoms with E-state index in [0.29, 0.717) is 0 Å². The Hall–Kier alpha value is -0.740. The number of halogens is 1. The van der Waals surface area contributed by atoms with Gasteiger partial charge in [0.15, 0.2) is 0 Å². The van der Waals surface area contributed by atoms with E-state index in [0.717, 1.165) is 49.1 Å². The van der Waals surface area contributed by atoms with Crippen LogP contribution in [0.1, 0.15) is 13.8 Å². The number of hydrogen-bond acceptors (Lipinski definition) is 3. The molecule has 21 heavy (non-hydrogen) atoms. The van der Waals surface area contributed by atoms with E-state index in [4.69, 9.17) is 4.74 Å². The summed E-state index contributed by atoms with van der Waals surface area (Å²) in [5.74, 6) is 2.42. The smallest absolute Gasteiger partial charge is 0.120 e. The third kappa shape index (κ3) is 4.62. The molecule has 0 amide bonds. The van der Waals surface area contributed by atoms with Crippen LogP contribution in [-0.4, -0.2) is 50.1 Å². The van der Waals surface area contributed by atoms with Gasteiger partial charge in [0, 0.05) is 49.8 Å². The Bertz CT molecular complexity index is 431. The van der Waals surface area contributed by atoms with Gasteiger partial charge in [-0.1, -0.05) is 35.8 Å². The molecule has 0 bridgehead atoms. The molecule has 1 atom stereocenters. The Labute approximate surface area is 137 Å². The molecular weight excluding hydrogens is 328 g/mol. The molecule has 1 aromatic rings.